The first-order chi connectivity index (χ1) is 18.2. The number of anilines is 2. The fourth-order valence-corrected chi connectivity index (χ4v) is 6.01. The van der Waals surface area contributed by atoms with E-state index in [1.807, 2.05) is 6.07 Å². The second-order valence-electron chi connectivity index (χ2n) is 8.21. The standard InChI is InChI=1S/C26H19N5O5S2/c1-15-7-12-20-24(25(15)38(34,35)36)37-26(27-20)16-8-10-18(11-9-16)28-30-19-13-14-21(32)22(23(19)33)31-29-17-5-3-2-4-6-17/h2-14,28-29H,1H3,(H,34,35,36). The van der Waals surface area contributed by atoms with E-state index in [4.69, 9.17) is 0 Å². The van der Waals surface area contributed by atoms with Crippen LogP contribution in [-0.4, -0.2) is 18.0 Å². The number of nitrogens with zero attached hydrogens (tertiary/aromatic N) is 3. The predicted octanol–water partition coefficient (Wildman–Crippen LogP) is 2.97. The van der Waals surface area contributed by atoms with Crippen molar-refractivity contribution < 1.29 is 13.0 Å². The lowest BCUT2D eigenvalue weighted by Gasteiger charge is -2.02. The molecule has 0 bridgehead atoms. The summed E-state index contributed by atoms with van der Waals surface area (Å²) in [7, 11) is -4.40. The molecule has 38 heavy (non-hydrogen) atoms. The predicted molar refractivity (Wildman–Crippen MR) is 146 cm³/mol. The van der Waals surface area contributed by atoms with Crippen LogP contribution in [0.5, 0.6) is 0 Å². The number of rotatable bonds is 6. The molecule has 0 saturated heterocycles. The van der Waals surface area contributed by atoms with Gasteiger partial charge in [-0.1, -0.05) is 24.3 Å². The molecule has 0 unspecified atom stereocenters. The quantitative estimate of drug-likeness (QED) is 0.218. The lowest BCUT2D eigenvalue weighted by atomic mass is 10.2. The number of hydrogen-bond donors (Lipinski definition) is 3. The fraction of sp³-hybridized carbons (Fsp3) is 0.0385. The van der Waals surface area contributed by atoms with Crippen molar-refractivity contribution in [2.45, 2.75) is 11.8 Å². The van der Waals surface area contributed by atoms with Crippen molar-refractivity contribution in [1.29, 1.82) is 0 Å². The summed E-state index contributed by atoms with van der Waals surface area (Å²) in [5, 5.41) is 8.39. The van der Waals surface area contributed by atoms with Crippen molar-refractivity contribution in [2.75, 3.05) is 10.9 Å². The lowest BCUT2D eigenvalue weighted by molar-refractivity contribution is 0.483. The average Bonchev–Trinajstić information content (AvgIpc) is 3.32. The Kier molecular flexibility index (Phi) is 6.68. The molecule has 10 nitrogen and oxygen atoms in total. The largest absolute Gasteiger partial charge is 0.296 e. The van der Waals surface area contributed by atoms with Crippen LogP contribution in [0.4, 0.5) is 11.4 Å². The fourth-order valence-electron chi connectivity index (χ4n) is 3.69. The van der Waals surface area contributed by atoms with E-state index in [1.54, 1.807) is 67.6 Å². The van der Waals surface area contributed by atoms with E-state index in [0.717, 1.165) is 16.9 Å². The highest BCUT2D eigenvalue weighted by molar-refractivity contribution is 7.86. The van der Waals surface area contributed by atoms with Crippen molar-refractivity contribution in [3.05, 3.63) is 116 Å². The van der Waals surface area contributed by atoms with E-state index >= 15 is 0 Å². The van der Waals surface area contributed by atoms with Crippen LogP contribution in [0.3, 0.4) is 0 Å². The molecule has 0 amide bonds. The molecule has 0 aliphatic carbocycles. The number of nitrogens with one attached hydrogen (secondary N) is 2. The zero-order valence-electron chi connectivity index (χ0n) is 19.7. The highest BCUT2D eigenvalue weighted by Crippen LogP contribution is 2.36. The minimum absolute atomic E-state index is 0.0153. The summed E-state index contributed by atoms with van der Waals surface area (Å²) in [6.07, 6.45) is 0. The van der Waals surface area contributed by atoms with Crippen LogP contribution in [0.25, 0.3) is 20.8 Å². The molecule has 190 valence electrons. The molecule has 0 aliphatic heterocycles. The van der Waals surface area contributed by atoms with Gasteiger partial charge < -0.3 is 0 Å². The summed E-state index contributed by atoms with van der Waals surface area (Å²) >= 11 is 1.16. The summed E-state index contributed by atoms with van der Waals surface area (Å²) in [6.45, 7) is 1.61. The van der Waals surface area contributed by atoms with Crippen molar-refractivity contribution in [1.82, 2.24) is 4.98 Å². The monoisotopic (exact) mass is 545 g/mol. The first-order valence-corrected chi connectivity index (χ1v) is 13.4. The van der Waals surface area contributed by atoms with Gasteiger partial charge in [-0.2, -0.15) is 18.6 Å². The molecule has 3 N–H and O–H groups in total. The molecule has 0 aliphatic rings. The van der Waals surface area contributed by atoms with Crippen LogP contribution in [0, 0.1) is 6.92 Å². The summed E-state index contributed by atoms with van der Waals surface area (Å²) in [5.41, 5.74) is 7.17. The lowest BCUT2D eigenvalue weighted by Crippen LogP contribution is -2.47. The second kappa shape index (κ2) is 10.1. The highest BCUT2D eigenvalue weighted by Gasteiger charge is 2.20. The smallest absolute Gasteiger partial charge is 0.287 e. The summed E-state index contributed by atoms with van der Waals surface area (Å²) in [4.78, 5) is 29.3. The average molecular weight is 546 g/mol. The van der Waals surface area contributed by atoms with Gasteiger partial charge in [0.1, 0.15) is 15.3 Å². The van der Waals surface area contributed by atoms with Crippen LogP contribution in [-0.2, 0) is 10.1 Å². The highest BCUT2D eigenvalue weighted by atomic mass is 32.2. The number of aryl methyl sites for hydroxylation is 1. The van der Waals surface area contributed by atoms with Gasteiger partial charge in [0.2, 0.25) is 10.9 Å². The third kappa shape index (κ3) is 5.13. The summed E-state index contributed by atoms with van der Waals surface area (Å²) in [6, 6.07) is 21.7. The molecule has 0 atom stereocenters. The number of hydrogen-bond acceptors (Lipinski definition) is 10. The van der Waals surface area contributed by atoms with E-state index in [-0.39, 0.29) is 15.6 Å². The molecule has 5 rings (SSSR count). The Morgan fingerprint density at radius 2 is 1.53 bits per heavy atom. The third-order valence-electron chi connectivity index (χ3n) is 5.55. The van der Waals surface area contributed by atoms with Gasteiger partial charge in [0.25, 0.3) is 10.1 Å². The molecule has 4 aromatic carbocycles. The first kappa shape index (κ1) is 25.1. The molecule has 1 aromatic heterocycles. The van der Waals surface area contributed by atoms with Crippen molar-refractivity contribution >= 4 is 43.0 Å². The van der Waals surface area contributed by atoms with E-state index in [0.29, 0.717) is 32.2 Å². The molecule has 0 spiro atoms. The Labute approximate surface area is 219 Å². The van der Waals surface area contributed by atoms with Gasteiger partial charge in [-0.15, -0.1) is 11.3 Å². The van der Waals surface area contributed by atoms with E-state index in [9.17, 15) is 22.6 Å². The number of thiazole rings is 1. The maximum absolute atomic E-state index is 12.7. The Hall–Kier alpha value is -4.52. The zero-order chi connectivity index (χ0) is 26.9. The molecule has 1 heterocycles. The van der Waals surface area contributed by atoms with Crippen LogP contribution < -0.4 is 32.4 Å². The number of benzene rings is 4. The number of fused-ring (bicyclic) bond motifs is 1. The Morgan fingerprint density at radius 1 is 0.842 bits per heavy atom. The third-order valence-corrected chi connectivity index (χ3v) is 7.86. The van der Waals surface area contributed by atoms with Gasteiger partial charge in [0, 0.05) is 5.56 Å². The number of para-hydroxylation sites is 1. The van der Waals surface area contributed by atoms with Gasteiger partial charge in [0.15, 0.2) is 5.36 Å². The van der Waals surface area contributed by atoms with Gasteiger partial charge in [-0.3, -0.25) is 25.0 Å². The molecule has 0 saturated carbocycles. The SMILES string of the molecule is Cc1ccc2nc(-c3ccc(NN=c4ccc(=O)c(=NNc5ccccc5)c4=O)cc3)sc2c1S(=O)(=O)O. The van der Waals surface area contributed by atoms with Gasteiger partial charge in [0.05, 0.1) is 21.6 Å². The summed E-state index contributed by atoms with van der Waals surface area (Å²) in [5.74, 6) is 0. The number of aromatic nitrogens is 1. The van der Waals surface area contributed by atoms with Gasteiger partial charge in [-0.25, -0.2) is 4.98 Å². The minimum Gasteiger partial charge on any atom is -0.287 e. The Balaban J connectivity index is 1.41. The van der Waals surface area contributed by atoms with E-state index in [1.165, 1.54) is 12.1 Å². The van der Waals surface area contributed by atoms with E-state index < -0.39 is 21.0 Å². The molecule has 5 aromatic rings. The summed E-state index contributed by atoms with van der Waals surface area (Å²) < 4.78 is 33.8. The topological polar surface area (TPSA) is 150 Å². The van der Waals surface area contributed by atoms with Crippen molar-refractivity contribution in [3.63, 3.8) is 0 Å². The molecular weight excluding hydrogens is 526 g/mol. The van der Waals surface area contributed by atoms with E-state index in [2.05, 4.69) is 26.0 Å². The first-order valence-electron chi connectivity index (χ1n) is 11.2. The van der Waals surface area contributed by atoms with Gasteiger partial charge in [-0.05, 0) is 67.1 Å². The van der Waals surface area contributed by atoms with Crippen molar-refractivity contribution in [3.8, 4) is 10.6 Å². The maximum Gasteiger partial charge on any atom is 0.296 e. The zero-order valence-corrected chi connectivity index (χ0v) is 21.4. The molecule has 0 fully saturated rings. The van der Waals surface area contributed by atoms with Crippen LogP contribution in [0.1, 0.15) is 5.56 Å². The van der Waals surface area contributed by atoms with Crippen LogP contribution in [0.2, 0.25) is 0 Å². The van der Waals surface area contributed by atoms with Crippen LogP contribution >= 0.6 is 11.3 Å². The maximum atomic E-state index is 12.7. The molecule has 12 heteroatoms. The van der Waals surface area contributed by atoms with Gasteiger partial charge >= 0.3 is 0 Å². The van der Waals surface area contributed by atoms with Crippen LogP contribution in [0.15, 0.2) is 104 Å². The Bertz CT molecular complexity index is 2000. The normalized spacial score (nSPS) is 12.7. The van der Waals surface area contributed by atoms with Crippen molar-refractivity contribution in [2.24, 2.45) is 10.2 Å². The Morgan fingerprint density at radius 3 is 2.24 bits per heavy atom. The molecule has 0 radical (unpaired) electrons. The minimum atomic E-state index is -4.40. The molecular formula is C26H19N5O5S2. The second-order valence-corrected chi connectivity index (χ2v) is 10.6.